The van der Waals surface area contributed by atoms with Crippen molar-refractivity contribution in [3.63, 3.8) is 0 Å². The number of fused-ring (bicyclic) bond motifs is 2. The summed E-state index contributed by atoms with van der Waals surface area (Å²) in [5, 5.41) is 2.97. The number of para-hydroxylation sites is 2. The molecule has 0 spiro atoms. The van der Waals surface area contributed by atoms with Gasteiger partial charge in [0.1, 0.15) is 16.9 Å². The molecule has 0 aliphatic rings. The largest absolute Gasteiger partial charge is 0.384 e. The first kappa shape index (κ1) is 18.9. The molecule has 0 bridgehead atoms. The summed E-state index contributed by atoms with van der Waals surface area (Å²) in [4.78, 5) is 22.7. The molecule has 0 saturated heterocycles. The average Bonchev–Trinajstić information content (AvgIpc) is 2.93. The first-order valence-corrected chi connectivity index (χ1v) is 9.78. The summed E-state index contributed by atoms with van der Waals surface area (Å²) in [6.07, 6.45) is 0. The maximum Gasteiger partial charge on any atom is 0.261 e. The Hall–Kier alpha value is -3.41. The average molecular weight is 387 g/mol. The summed E-state index contributed by atoms with van der Waals surface area (Å²) in [6.45, 7) is 8.93. The number of carbonyl (C=O) groups is 1. The highest BCUT2D eigenvalue weighted by molar-refractivity contribution is 6.16. The van der Waals surface area contributed by atoms with Gasteiger partial charge in [-0.05, 0) is 55.2 Å². The number of aromatic nitrogens is 3. The van der Waals surface area contributed by atoms with Gasteiger partial charge in [-0.2, -0.15) is 0 Å². The van der Waals surface area contributed by atoms with Crippen molar-refractivity contribution in [1.82, 2.24) is 14.5 Å². The van der Waals surface area contributed by atoms with E-state index in [1.165, 1.54) is 5.56 Å². The van der Waals surface area contributed by atoms with Crippen molar-refractivity contribution in [1.29, 1.82) is 0 Å². The minimum absolute atomic E-state index is 0.275. The van der Waals surface area contributed by atoms with E-state index in [1.54, 1.807) is 0 Å². The van der Waals surface area contributed by atoms with Crippen molar-refractivity contribution in [2.75, 3.05) is 11.1 Å². The standard InChI is InChI=1S/C23H25N5O/c1-13(2)12-28-21(24)19(23(29)25-16-10-9-14(3)15(4)11-16)20-22(28)27-18-8-6-5-7-17(18)26-20/h5-11,13H,12,24H2,1-4H3,(H,25,29). The highest BCUT2D eigenvalue weighted by Gasteiger charge is 2.24. The van der Waals surface area contributed by atoms with E-state index in [1.807, 2.05) is 60.9 Å². The molecule has 0 unspecified atom stereocenters. The van der Waals surface area contributed by atoms with Crippen LogP contribution in [0.3, 0.4) is 0 Å². The Labute approximate surface area is 169 Å². The molecule has 0 saturated carbocycles. The summed E-state index contributed by atoms with van der Waals surface area (Å²) >= 11 is 0. The predicted molar refractivity (Wildman–Crippen MR) is 118 cm³/mol. The summed E-state index contributed by atoms with van der Waals surface area (Å²) in [5.74, 6) is 0.463. The van der Waals surface area contributed by atoms with Crippen molar-refractivity contribution in [3.05, 3.63) is 59.2 Å². The Kier molecular flexibility index (Phi) is 4.70. The molecule has 2 aromatic carbocycles. The van der Waals surface area contributed by atoms with Crippen molar-refractivity contribution in [3.8, 4) is 0 Å². The molecule has 3 N–H and O–H groups in total. The van der Waals surface area contributed by atoms with Crippen LogP contribution in [-0.2, 0) is 6.54 Å². The lowest BCUT2D eigenvalue weighted by molar-refractivity contribution is 0.102. The van der Waals surface area contributed by atoms with E-state index >= 15 is 0 Å². The van der Waals surface area contributed by atoms with Crippen LogP contribution in [0.25, 0.3) is 22.2 Å². The molecule has 1 amide bonds. The Morgan fingerprint density at radius 3 is 2.41 bits per heavy atom. The molecule has 0 atom stereocenters. The molecule has 148 valence electrons. The van der Waals surface area contributed by atoms with Gasteiger partial charge in [-0.25, -0.2) is 9.97 Å². The molecule has 29 heavy (non-hydrogen) atoms. The zero-order valence-corrected chi connectivity index (χ0v) is 17.2. The molecule has 6 nitrogen and oxygen atoms in total. The number of amides is 1. The maximum absolute atomic E-state index is 13.2. The van der Waals surface area contributed by atoms with E-state index in [4.69, 9.17) is 15.7 Å². The van der Waals surface area contributed by atoms with Gasteiger partial charge in [0, 0.05) is 12.2 Å². The zero-order valence-electron chi connectivity index (χ0n) is 17.2. The van der Waals surface area contributed by atoms with Crippen LogP contribution < -0.4 is 11.1 Å². The second-order valence-corrected chi connectivity index (χ2v) is 7.90. The van der Waals surface area contributed by atoms with Gasteiger partial charge < -0.3 is 15.6 Å². The number of nitrogens with one attached hydrogen (secondary N) is 1. The number of hydrogen-bond donors (Lipinski definition) is 2. The molecule has 0 aliphatic heterocycles. The van der Waals surface area contributed by atoms with Gasteiger partial charge in [0.2, 0.25) is 0 Å². The van der Waals surface area contributed by atoms with Crippen LogP contribution >= 0.6 is 0 Å². The van der Waals surface area contributed by atoms with Gasteiger partial charge in [-0.15, -0.1) is 0 Å². The van der Waals surface area contributed by atoms with Gasteiger partial charge in [0.25, 0.3) is 5.91 Å². The van der Waals surface area contributed by atoms with Gasteiger partial charge >= 0.3 is 0 Å². The van der Waals surface area contributed by atoms with Crippen LogP contribution in [0.15, 0.2) is 42.5 Å². The Bertz CT molecular complexity index is 1240. The minimum atomic E-state index is -0.275. The number of anilines is 2. The molecule has 0 aliphatic carbocycles. The lowest BCUT2D eigenvalue weighted by Crippen LogP contribution is -2.15. The van der Waals surface area contributed by atoms with Crippen molar-refractivity contribution >= 4 is 39.6 Å². The van der Waals surface area contributed by atoms with E-state index < -0.39 is 0 Å². The fraction of sp³-hybridized carbons (Fsp3) is 0.261. The normalized spacial score (nSPS) is 11.5. The second-order valence-electron chi connectivity index (χ2n) is 7.90. The van der Waals surface area contributed by atoms with Gasteiger partial charge in [0.05, 0.1) is 11.0 Å². The number of hydrogen-bond acceptors (Lipinski definition) is 4. The molecular formula is C23H25N5O. The first-order chi connectivity index (χ1) is 13.8. The molecule has 4 rings (SSSR count). The van der Waals surface area contributed by atoms with Gasteiger partial charge in [-0.3, -0.25) is 4.79 Å². The highest BCUT2D eigenvalue weighted by atomic mass is 16.1. The summed E-state index contributed by atoms with van der Waals surface area (Å²) in [7, 11) is 0. The molecule has 2 aromatic heterocycles. The van der Waals surface area contributed by atoms with Crippen LogP contribution in [0.1, 0.15) is 35.3 Å². The third kappa shape index (κ3) is 3.42. The van der Waals surface area contributed by atoms with Crippen LogP contribution in [0.5, 0.6) is 0 Å². The zero-order chi connectivity index (χ0) is 20.7. The van der Waals surface area contributed by atoms with Gasteiger partial charge in [-0.1, -0.05) is 32.0 Å². The smallest absolute Gasteiger partial charge is 0.261 e. The van der Waals surface area contributed by atoms with Crippen LogP contribution in [0.2, 0.25) is 0 Å². The number of rotatable bonds is 4. The minimum Gasteiger partial charge on any atom is -0.384 e. The molecule has 6 heteroatoms. The van der Waals surface area contributed by atoms with Crippen molar-refractivity contribution < 1.29 is 4.79 Å². The monoisotopic (exact) mass is 387 g/mol. The molecule has 2 heterocycles. The third-order valence-corrected chi connectivity index (χ3v) is 5.13. The summed E-state index contributed by atoms with van der Waals surface area (Å²) < 4.78 is 1.90. The molecule has 4 aromatic rings. The molecule has 0 fully saturated rings. The first-order valence-electron chi connectivity index (χ1n) is 9.78. The fourth-order valence-corrected chi connectivity index (χ4v) is 3.50. The SMILES string of the molecule is Cc1ccc(NC(=O)c2c(N)n(CC(C)C)c3nc4ccccc4nc23)cc1C. The van der Waals surface area contributed by atoms with Crippen LogP contribution in [0.4, 0.5) is 11.5 Å². The number of nitrogens with two attached hydrogens (primary N) is 1. The maximum atomic E-state index is 13.2. The Morgan fingerprint density at radius 1 is 1.07 bits per heavy atom. The van der Waals surface area contributed by atoms with Gasteiger partial charge in [0.15, 0.2) is 5.65 Å². The fourth-order valence-electron chi connectivity index (χ4n) is 3.50. The number of benzene rings is 2. The van der Waals surface area contributed by atoms with E-state index in [0.29, 0.717) is 35.0 Å². The predicted octanol–water partition coefficient (Wildman–Crippen LogP) is 4.69. The van der Waals surface area contributed by atoms with E-state index in [2.05, 4.69) is 19.2 Å². The van der Waals surface area contributed by atoms with E-state index in [0.717, 1.165) is 22.3 Å². The van der Waals surface area contributed by atoms with Crippen molar-refractivity contribution in [2.45, 2.75) is 34.2 Å². The quantitative estimate of drug-likeness (QED) is 0.532. The number of carbonyl (C=O) groups excluding carboxylic acids is 1. The van der Waals surface area contributed by atoms with E-state index in [9.17, 15) is 4.79 Å². The second kappa shape index (κ2) is 7.20. The number of nitrogen functional groups attached to an aromatic ring is 1. The van der Waals surface area contributed by atoms with E-state index in [-0.39, 0.29) is 5.91 Å². The summed E-state index contributed by atoms with van der Waals surface area (Å²) in [6, 6.07) is 13.5. The summed E-state index contributed by atoms with van der Waals surface area (Å²) in [5.41, 5.74) is 12.5. The molecule has 0 radical (unpaired) electrons. The third-order valence-electron chi connectivity index (χ3n) is 5.13. The lowest BCUT2D eigenvalue weighted by atomic mass is 10.1. The Balaban J connectivity index is 1.87. The van der Waals surface area contributed by atoms with Crippen LogP contribution in [0, 0.1) is 19.8 Å². The number of aryl methyl sites for hydroxylation is 2. The van der Waals surface area contributed by atoms with Crippen molar-refractivity contribution in [2.24, 2.45) is 5.92 Å². The van der Waals surface area contributed by atoms with Crippen LogP contribution in [-0.4, -0.2) is 20.4 Å². The molecular weight excluding hydrogens is 362 g/mol. The highest BCUT2D eigenvalue weighted by Crippen LogP contribution is 2.29. The lowest BCUT2D eigenvalue weighted by Gasteiger charge is -2.11. The Morgan fingerprint density at radius 2 is 1.76 bits per heavy atom. The topological polar surface area (TPSA) is 85.8 Å². The number of nitrogens with zero attached hydrogens (tertiary/aromatic N) is 3.